The zero-order chi connectivity index (χ0) is 20.4. The maximum atomic E-state index is 12.0. The van der Waals surface area contributed by atoms with Crippen molar-refractivity contribution in [3.63, 3.8) is 0 Å². The maximum absolute atomic E-state index is 12.0. The van der Waals surface area contributed by atoms with Gasteiger partial charge in [-0.05, 0) is 23.8 Å². The summed E-state index contributed by atoms with van der Waals surface area (Å²) in [4.78, 5) is 35.3. The van der Waals surface area contributed by atoms with Gasteiger partial charge in [0.2, 0.25) is 11.8 Å². The molecule has 0 saturated heterocycles. The van der Waals surface area contributed by atoms with Gasteiger partial charge in [-0.1, -0.05) is 32.9 Å². The van der Waals surface area contributed by atoms with E-state index in [1.807, 2.05) is 6.07 Å². The van der Waals surface area contributed by atoms with Gasteiger partial charge in [-0.2, -0.15) is 5.26 Å². The van der Waals surface area contributed by atoms with Crippen LogP contribution in [-0.2, 0) is 14.4 Å². The van der Waals surface area contributed by atoms with Gasteiger partial charge >= 0.3 is 0 Å². The molecule has 8 heteroatoms. The number of hydrogen-bond acceptors (Lipinski definition) is 5. The van der Waals surface area contributed by atoms with Crippen LogP contribution in [0.5, 0.6) is 5.75 Å². The van der Waals surface area contributed by atoms with Gasteiger partial charge in [0.05, 0.1) is 6.54 Å². The third-order valence-electron chi connectivity index (χ3n) is 3.39. The Kier molecular flexibility index (Phi) is 8.01. The largest absolute Gasteiger partial charge is 0.508 e. The van der Waals surface area contributed by atoms with Crippen molar-refractivity contribution < 1.29 is 19.5 Å². The fraction of sp³-hybridized carbons (Fsp3) is 0.368. The van der Waals surface area contributed by atoms with E-state index in [1.54, 1.807) is 32.9 Å². The second-order valence-electron chi connectivity index (χ2n) is 6.80. The van der Waals surface area contributed by atoms with E-state index in [0.717, 1.165) is 0 Å². The molecular formula is C19H24N4O4. The minimum Gasteiger partial charge on any atom is -0.508 e. The number of nitriles is 1. The van der Waals surface area contributed by atoms with Crippen molar-refractivity contribution in [2.75, 3.05) is 19.6 Å². The molecule has 0 heterocycles. The summed E-state index contributed by atoms with van der Waals surface area (Å²) in [5.74, 6) is -1.09. The molecule has 0 spiro atoms. The van der Waals surface area contributed by atoms with Crippen LogP contribution < -0.4 is 16.0 Å². The molecule has 0 aliphatic carbocycles. The molecule has 0 radical (unpaired) electrons. The molecule has 1 aromatic rings. The van der Waals surface area contributed by atoms with Crippen molar-refractivity contribution in [1.82, 2.24) is 16.0 Å². The van der Waals surface area contributed by atoms with Gasteiger partial charge in [0.15, 0.2) is 0 Å². The first-order chi connectivity index (χ1) is 12.6. The maximum Gasteiger partial charge on any atom is 0.262 e. The fourth-order valence-corrected chi connectivity index (χ4v) is 1.85. The number of benzene rings is 1. The number of phenolic OH excluding ortho intramolecular Hbond substituents is 1. The van der Waals surface area contributed by atoms with Gasteiger partial charge in [-0.25, -0.2) is 0 Å². The van der Waals surface area contributed by atoms with E-state index in [1.165, 1.54) is 18.2 Å². The van der Waals surface area contributed by atoms with Gasteiger partial charge in [-0.15, -0.1) is 0 Å². The Hall–Kier alpha value is -3.34. The first-order valence-corrected chi connectivity index (χ1v) is 8.37. The van der Waals surface area contributed by atoms with Crippen LogP contribution in [-0.4, -0.2) is 42.5 Å². The Morgan fingerprint density at radius 3 is 2.22 bits per heavy atom. The van der Waals surface area contributed by atoms with Crippen LogP contribution in [0.25, 0.3) is 6.08 Å². The number of nitrogens with zero attached hydrogens (tertiary/aromatic N) is 1. The van der Waals surface area contributed by atoms with Crippen molar-refractivity contribution >= 4 is 23.8 Å². The summed E-state index contributed by atoms with van der Waals surface area (Å²) in [5.41, 5.74) is -0.0713. The first kappa shape index (κ1) is 21.7. The number of aromatic hydroxyl groups is 1. The Bertz CT molecular complexity index is 755. The van der Waals surface area contributed by atoms with Gasteiger partial charge < -0.3 is 21.1 Å². The Morgan fingerprint density at radius 2 is 1.67 bits per heavy atom. The quantitative estimate of drug-likeness (QED) is 0.318. The Balaban J connectivity index is 2.39. The molecule has 0 aliphatic heterocycles. The number of nitrogens with one attached hydrogen (secondary N) is 3. The molecule has 0 aliphatic rings. The van der Waals surface area contributed by atoms with Crippen molar-refractivity contribution in [1.29, 1.82) is 5.26 Å². The van der Waals surface area contributed by atoms with Gasteiger partial charge in [-0.3, -0.25) is 14.4 Å². The summed E-state index contributed by atoms with van der Waals surface area (Å²) in [6, 6.07) is 7.87. The molecule has 1 rings (SSSR count). The second-order valence-corrected chi connectivity index (χ2v) is 6.80. The predicted octanol–water partition coefficient (Wildman–Crippen LogP) is 0.694. The Morgan fingerprint density at radius 1 is 1.07 bits per heavy atom. The molecule has 0 bridgehead atoms. The number of carbonyl (C=O) groups excluding carboxylic acids is 3. The summed E-state index contributed by atoms with van der Waals surface area (Å²) in [5, 5.41) is 25.9. The van der Waals surface area contributed by atoms with E-state index in [4.69, 9.17) is 5.26 Å². The normalized spacial score (nSPS) is 11.3. The summed E-state index contributed by atoms with van der Waals surface area (Å²) >= 11 is 0. The van der Waals surface area contributed by atoms with Crippen molar-refractivity contribution in [3.8, 4) is 11.8 Å². The lowest BCUT2D eigenvalue weighted by molar-refractivity contribution is -0.131. The topological polar surface area (TPSA) is 131 Å². The van der Waals surface area contributed by atoms with Crippen LogP contribution in [0.3, 0.4) is 0 Å². The van der Waals surface area contributed by atoms with E-state index in [2.05, 4.69) is 16.0 Å². The predicted molar refractivity (Wildman–Crippen MR) is 100 cm³/mol. The number of rotatable bonds is 7. The highest BCUT2D eigenvalue weighted by Gasteiger charge is 2.21. The van der Waals surface area contributed by atoms with Crippen LogP contribution in [0.4, 0.5) is 0 Å². The monoisotopic (exact) mass is 372 g/mol. The smallest absolute Gasteiger partial charge is 0.262 e. The molecule has 0 saturated carbocycles. The molecule has 8 nitrogen and oxygen atoms in total. The molecular weight excluding hydrogens is 348 g/mol. The minimum atomic E-state index is -0.578. The Labute approximate surface area is 158 Å². The minimum absolute atomic E-state index is 0.0875. The lowest BCUT2D eigenvalue weighted by atomic mass is 9.96. The van der Waals surface area contributed by atoms with Crippen LogP contribution in [0.2, 0.25) is 0 Å². The van der Waals surface area contributed by atoms with Crippen LogP contribution in [0.1, 0.15) is 26.3 Å². The molecule has 3 amide bonds. The van der Waals surface area contributed by atoms with Gasteiger partial charge in [0, 0.05) is 18.5 Å². The highest BCUT2D eigenvalue weighted by molar-refractivity contribution is 6.01. The number of phenols is 1. The fourth-order valence-electron chi connectivity index (χ4n) is 1.85. The molecule has 144 valence electrons. The first-order valence-electron chi connectivity index (χ1n) is 8.37. The zero-order valence-electron chi connectivity index (χ0n) is 15.6. The van der Waals surface area contributed by atoms with E-state index in [-0.39, 0.29) is 42.8 Å². The molecule has 27 heavy (non-hydrogen) atoms. The number of hydrogen-bond donors (Lipinski definition) is 4. The summed E-state index contributed by atoms with van der Waals surface area (Å²) in [6.07, 6.45) is 1.40. The average molecular weight is 372 g/mol. The van der Waals surface area contributed by atoms with Crippen LogP contribution in [0, 0.1) is 16.7 Å². The lowest BCUT2D eigenvalue weighted by Crippen LogP contribution is -2.43. The molecule has 0 atom stereocenters. The highest BCUT2D eigenvalue weighted by Crippen LogP contribution is 2.13. The summed E-state index contributed by atoms with van der Waals surface area (Å²) in [7, 11) is 0. The highest BCUT2D eigenvalue weighted by atomic mass is 16.3. The second kappa shape index (κ2) is 9.97. The third kappa shape index (κ3) is 8.05. The van der Waals surface area contributed by atoms with Crippen LogP contribution >= 0.6 is 0 Å². The van der Waals surface area contributed by atoms with E-state index in [0.29, 0.717) is 5.56 Å². The summed E-state index contributed by atoms with van der Waals surface area (Å²) in [6.45, 7) is 5.38. The standard InChI is InChI=1S/C19H24N4O4/c1-19(2,3)18(27)23-12-16(25)21-8-9-22-17(26)14(11-20)10-13-4-6-15(24)7-5-13/h4-7,10,24H,8-9,12H2,1-3H3,(H,21,25)(H,22,26)(H,23,27)/b14-10+. The molecule has 0 fully saturated rings. The number of amides is 3. The SMILES string of the molecule is CC(C)(C)C(=O)NCC(=O)NCCNC(=O)/C(C#N)=C/c1ccc(O)cc1. The molecule has 1 aromatic carbocycles. The van der Waals surface area contributed by atoms with E-state index < -0.39 is 11.3 Å². The zero-order valence-corrected chi connectivity index (χ0v) is 15.6. The number of carbonyl (C=O) groups is 3. The molecule has 0 aromatic heterocycles. The van der Waals surface area contributed by atoms with Crippen LogP contribution in [0.15, 0.2) is 29.8 Å². The molecule has 4 N–H and O–H groups in total. The van der Waals surface area contributed by atoms with Crippen molar-refractivity contribution in [2.24, 2.45) is 5.41 Å². The van der Waals surface area contributed by atoms with E-state index in [9.17, 15) is 19.5 Å². The lowest BCUT2D eigenvalue weighted by Gasteiger charge is -2.17. The molecule has 0 unspecified atom stereocenters. The van der Waals surface area contributed by atoms with E-state index >= 15 is 0 Å². The van der Waals surface area contributed by atoms with Gasteiger partial charge in [0.1, 0.15) is 17.4 Å². The van der Waals surface area contributed by atoms with Crippen molar-refractivity contribution in [3.05, 3.63) is 35.4 Å². The van der Waals surface area contributed by atoms with Gasteiger partial charge in [0.25, 0.3) is 5.91 Å². The summed E-state index contributed by atoms with van der Waals surface area (Å²) < 4.78 is 0. The third-order valence-corrected chi connectivity index (χ3v) is 3.39. The average Bonchev–Trinajstić information content (AvgIpc) is 2.61. The van der Waals surface area contributed by atoms with Crippen molar-refractivity contribution in [2.45, 2.75) is 20.8 Å².